The summed E-state index contributed by atoms with van der Waals surface area (Å²) >= 11 is 1.31. The third-order valence-corrected chi connectivity index (χ3v) is 2.99. The van der Waals surface area contributed by atoms with Gasteiger partial charge in [-0.2, -0.15) is 0 Å². The van der Waals surface area contributed by atoms with Crippen molar-refractivity contribution in [2.75, 3.05) is 18.0 Å². The first-order chi connectivity index (χ1) is 6.16. The molecule has 1 aliphatic heterocycles. The summed E-state index contributed by atoms with van der Waals surface area (Å²) in [6, 6.07) is 0.237. The van der Waals surface area contributed by atoms with Crippen LogP contribution in [0, 0.1) is 0 Å². The molecule has 5 nitrogen and oxygen atoms in total. The molecule has 1 aromatic heterocycles. The van der Waals surface area contributed by atoms with Gasteiger partial charge in [0, 0.05) is 19.1 Å². The molecule has 15 heavy (non-hydrogen) atoms. The molecule has 0 radical (unpaired) electrons. The van der Waals surface area contributed by atoms with Gasteiger partial charge in [0.2, 0.25) is 0 Å². The standard InChI is InChI=1S/C7H10N4OS.2ClH/c8-4-2-11(3-4)7-10-1-5(13-7)6(9)12;;/h1,4H,2-3,8H2,(H2,9,12);2*1H. The van der Waals surface area contributed by atoms with Gasteiger partial charge in [0.25, 0.3) is 5.91 Å². The summed E-state index contributed by atoms with van der Waals surface area (Å²) in [4.78, 5) is 17.4. The second-order valence-corrected chi connectivity index (χ2v) is 4.05. The van der Waals surface area contributed by atoms with E-state index < -0.39 is 5.91 Å². The number of halogens is 2. The van der Waals surface area contributed by atoms with Gasteiger partial charge in [-0.1, -0.05) is 11.3 Å². The van der Waals surface area contributed by atoms with Crippen LogP contribution in [0.4, 0.5) is 5.13 Å². The minimum atomic E-state index is -0.423. The van der Waals surface area contributed by atoms with E-state index in [1.165, 1.54) is 17.5 Å². The van der Waals surface area contributed by atoms with Gasteiger partial charge in [-0.05, 0) is 0 Å². The first-order valence-electron chi connectivity index (χ1n) is 3.93. The number of rotatable bonds is 2. The van der Waals surface area contributed by atoms with Crippen molar-refractivity contribution >= 4 is 47.2 Å². The Balaban J connectivity index is 0.000000980. The smallest absolute Gasteiger partial charge is 0.260 e. The molecule has 0 atom stereocenters. The molecule has 2 heterocycles. The molecule has 86 valence electrons. The summed E-state index contributed by atoms with van der Waals surface area (Å²) in [5.74, 6) is -0.423. The van der Waals surface area contributed by atoms with E-state index >= 15 is 0 Å². The molecule has 0 spiro atoms. The first-order valence-corrected chi connectivity index (χ1v) is 4.74. The number of anilines is 1. The Morgan fingerprint density at radius 1 is 1.53 bits per heavy atom. The number of carbonyl (C=O) groups is 1. The van der Waals surface area contributed by atoms with Crippen molar-refractivity contribution in [3.63, 3.8) is 0 Å². The molecule has 1 amide bonds. The molecular formula is C7H12Cl2N4OS. The van der Waals surface area contributed by atoms with Gasteiger partial charge in [-0.15, -0.1) is 24.8 Å². The molecule has 0 aliphatic carbocycles. The molecule has 0 unspecified atom stereocenters. The first kappa shape index (κ1) is 14.4. The van der Waals surface area contributed by atoms with Crippen LogP contribution < -0.4 is 16.4 Å². The number of hydrogen-bond acceptors (Lipinski definition) is 5. The Hall–Kier alpha value is -0.560. The maximum absolute atomic E-state index is 10.8. The van der Waals surface area contributed by atoms with Gasteiger partial charge >= 0.3 is 0 Å². The lowest BCUT2D eigenvalue weighted by molar-refractivity contribution is 0.100. The average Bonchev–Trinajstić information content (AvgIpc) is 2.46. The van der Waals surface area contributed by atoms with Crippen molar-refractivity contribution in [1.29, 1.82) is 0 Å². The zero-order valence-corrected chi connectivity index (χ0v) is 10.2. The Morgan fingerprint density at radius 3 is 2.53 bits per heavy atom. The van der Waals surface area contributed by atoms with Crippen LogP contribution in [0.3, 0.4) is 0 Å². The van der Waals surface area contributed by atoms with Crippen LogP contribution in [0.15, 0.2) is 6.20 Å². The zero-order chi connectivity index (χ0) is 9.42. The molecule has 8 heteroatoms. The third kappa shape index (κ3) is 2.94. The van der Waals surface area contributed by atoms with Gasteiger partial charge in [-0.25, -0.2) is 4.98 Å². The molecule has 4 N–H and O–H groups in total. The fourth-order valence-corrected chi connectivity index (χ4v) is 1.98. The summed E-state index contributed by atoms with van der Waals surface area (Å²) in [7, 11) is 0. The van der Waals surface area contributed by atoms with Crippen molar-refractivity contribution in [2.24, 2.45) is 11.5 Å². The van der Waals surface area contributed by atoms with Crippen LogP contribution in [-0.2, 0) is 0 Å². The third-order valence-electron chi connectivity index (χ3n) is 1.92. The van der Waals surface area contributed by atoms with Crippen LogP contribution in [-0.4, -0.2) is 30.0 Å². The number of aromatic nitrogens is 1. The van der Waals surface area contributed by atoms with E-state index in [0.717, 1.165) is 18.2 Å². The minimum absolute atomic E-state index is 0. The molecule has 0 bridgehead atoms. The summed E-state index contributed by atoms with van der Waals surface area (Å²) < 4.78 is 0. The van der Waals surface area contributed by atoms with Gasteiger partial charge in [0.1, 0.15) is 4.88 Å². The second kappa shape index (κ2) is 5.50. The summed E-state index contributed by atoms with van der Waals surface area (Å²) in [6.07, 6.45) is 1.51. The Labute approximate surface area is 104 Å². The Morgan fingerprint density at radius 2 is 2.13 bits per heavy atom. The average molecular weight is 271 g/mol. The van der Waals surface area contributed by atoms with Crippen molar-refractivity contribution in [1.82, 2.24) is 4.98 Å². The normalized spacial score (nSPS) is 14.9. The number of hydrogen-bond donors (Lipinski definition) is 2. The molecular weight excluding hydrogens is 259 g/mol. The molecule has 1 aliphatic rings. The molecule has 1 saturated heterocycles. The topological polar surface area (TPSA) is 85.2 Å². The molecule has 2 rings (SSSR count). The predicted octanol–water partition coefficient (Wildman–Crippen LogP) is 0.233. The van der Waals surface area contributed by atoms with E-state index in [4.69, 9.17) is 11.5 Å². The van der Waals surface area contributed by atoms with Gasteiger partial charge in [0.05, 0.1) is 6.20 Å². The van der Waals surface area contributed by atoms with Crippen LogP contribution in [0.25, 0.3) is 0 Å². The Kier molecular flexibility index (Phi) is 5.30. The van der Waals surface area contributed by atoms with Gasteiger partial charge in [0.15, 0.2) is 5.13 Å². The molecule has 1 fully saturated rings. The summed E-state index contributed by atoms with van der Waals surface area (Å²) in [5, 5.41) is 0.829. The van der Waals surface area contributed by atoms with Crippen molar-refractivity contribution in [3.8, 4) is 0 Å². The summed E-state index contributed by atoms with van der Waals surface area (Å²) in [5.41, 5.74) is 10.7. The number of nitrogens with zero attached hydrogens (tertiary/aromatic N) is 2. The van der Waals surface area contributed by atoms with Crippen LogP contribution >= 0.6 is 36.2 Å². The van der Waals surface area contributed by atoms with Crippen LogP contribution in [0.1, 0.15) is 9.67 Å². The quantitative estimate of drug-likeness (QED) is 0.806. The highest BCUT2D eigenvalue weighted by atomic mass is 35.5. The molecule has 0 aromatic carbocycles. The van der Waals surface area contributed by atoms with E-state index in [1.54, 1.807) is 0 Å². The second-order valence-electron chi connectivity index (χ2n) is 3.04. The molecule has 0 saturated carbocycles. The van der Waals surface area contributed by atoms with Crippen LogP contribution in [0.2, 0.25) is 0 Å². The van der Waals surface area contributed by atoms with E-state index in [0.29, 0.717) is 4.88 Å². The number of thiazole rings is 1. The predicted molar refractivity (Wildman–Crippen MR) is 65.3 cm³/mol. The van der Waals surface area contributed by atoms with Gasteiger partial charge < -0.3 is 16.4 Å². The van der Waals surface area contributed by atoms with Crippen molar-refractivity contribution < 1.29 is 4.79 Å². The zero-order valence-electron chi connectivity index (χ0n) is 7.75. The highest BCUT2D eigenvalue weighted by molar-refractivity contribution is 7.17. The van der Waals surface area contributed by atoms with Crippen LogP contribution in [0.5, 0.6) is 0 Å². The Bertz CT molecular complexity index is 339. The van der Waals surface area contributed by atoms with E-state index in [2.05, 4.69) is 4.98 Å². The monoisotopic (exact) mass is 270 g/mol. The highest BCUT2D eigenvalue weighted by Crippen LogP contribution is 2.25. The largest absolute Gasteiger partial charge is 0.365 e. The number of primary amides is 1. The molecule has 1 aromatic rings. The fourth-order valence-electron chi connectivity index (χ4n) is 1.19. The lowest BCUT2D eigenvalue weighted by Gasteiger charge is -2.36. The van der Waals surface area contributed by atoms with Gasteiger partial charge in [-0.3, -0.25) is 4.79 Å². The number of carbonyl (C=O) groups excluding carboxylic acids is 1. The minimum Gasteiger partial charge on any atom is -0.365 e. The summed E-state index contributed by atoms with van der Waals surface area (Å²) in [6.45, 7) is 1.62. The van der Waals surface area contributed by atoms with E-state index in [-0.39, 0.29) is 30.9 Å². The number of nitrogens with two attached hydrogens (primary N) is 2. The van der Waals surface area contributed by atoms with E-state index in [1.807, 2.05) is 4.90 Å². The fraction of sp³-hybridized carbons (Fsp3) is 0.429. The maximum atomic E-state index is 10.8. The van der Waals surface area contributed by atoms with Crippen molar-refractivity contribution in [3.05, 3.63) is 11.1 Å². The SMILES string of the molecule is Cl.Cl.NC(=O)c1cnc(N2CC(N)C2)s1. The van der Waals surface area contributed by atoms with Crippen molar-refractivity contribution in [2.45, 2.75) is 6.04 Å². The van der Waals surface area contributed by atoms with E-state index in [9.17, 15) is 4.79 Å². The maximum Gasteiger partial charge on any atom is 0.260 e. The lowest BCUT2D eigenvalue weighted by atomic mass is 10.1. The lowest BCUT2D eigenvalue weighted by Crippen LogP contribution is -2.55. The highest BCUT2D eigenvalue weighted by Gasteiger charge is 2.25. The number of amides is 1.